The van der Waals surface area contributed by atoms with Crippen LogP contribution in [0.2, 0.25) is 0 Å². The molecule has 1 saturated carbocycles. The number of phenolic OH excluding ortho intramolecular Hbond substituents is 1. The number of nitrogens with zero attached hydrogens (tertiary/aromatic N) is 1. The average Bonchev–Trinajstić information content (AvgIpc) is 3.17. The van der Waals surface area contributed by atoms with Crippen molar-refractivity contribution in [2.75, 3.05) is 7.11 Å². The van der Waals surface area contributed by atoms with Crippen LogP contribution in [0.1, 0.15) is 12.0 Å². The molecule has 2 rings (SSSR count). The molecule has 1 aliphatic carbocycles. The van der Waals surface area contributed by atoms with Gasteiger partial charge in [0, 0.05) is 17.9 Å². The number of carbonyl (C=O) groups is 1. The highest BCUT2D eigenvalue weighted by molar-refractivity contribution is 5.81. The molecule has 1 fully saturated rings. The molecule has 1 aromatic rings. The lowest BCUT2D eigenvalue weighted by Gasteiger charge is -2.07. The summed E-state index contributed by atoms with van der Waals surface area (Å²) in [6.07, 6.45) is 0.303. The van der Waals surface area contributed by atoms with Crippen molar-refractivity contribution < 1.29 is 19.6 Å². The van der Waals surface area contributed by atoms with Gasteiger partial charge < -0.3 is 15.2 Å². The first-order valence-corrected chi connectivity index (χ1v) is 5.80. The number of nitro groups is 1. The largest absolute Gasteiger partial charge is 0.504 e. The highest BCUT2D eigenvalue weighted by atomic mass is 16.6. The maximum atomic E-state index is 11.6. The minimum absolute atomic E-state index is 0.0215. The summed E-state index contributed by atoms with van der Waals surface area (Å²) in [5, 5.41) is 22.5. The van der Waals surface area contributed by atoms with Gasteiger partial charge in [-0.05, 0) is 17.7 Å². The zero-order valence-electron chi connectivity index (χ0n) is 10.3. The van der Waals surface area contributed by atoms with Crippen molar-refractivity contribution >= 4 is 5.91 Å². The summed E-state index contributed by atoms with van der Waals surface area (Å²) in [6, 6.07) is 3.98. The minimum atomic E-state index is -0.741. The van der Waals surface area contributed by atoms with Crippen molar-refractivity contribution in [3.05, 3.63) is 33.9 Å². The Morgan fingerprint density at radius 3 is 2.95 bits per heavy atom. The number of benzene rings is 1. The number of ether oxygens (including phenoxy) is 1. The number of methoxy groups -OCH3 is 1. The van der Waals surface area contributed by atoms with Gasteiger partial charge in [-0.3, -0.25) is 14.9 Å². The van der Waals surface area contributed by atoms with Crippen LogP contribution in [0.25, 0.3) is 0 Å². The molecule has 1 aromatic carbocycles. The van der Waals surface area contributed by atoms with Gasteiger partial charge in [-0.15, -0.1) is 0 Å². The molecule has 2 N–H and O–H groups in total. The molecule has 7 nitrogen and oxygen atoms in total. The van der Waals surface area contributed by atoms with Crippen LogP contribution >= 0.6 is 0 Å². The minimum Gasteiger partial charge on any atom is -0.504 e. The molecule has 0 aromatic heterocycles. The van der Waals surface area contributed by atoms with Crippen LogP contribution in [0, 0.1) is 16.0 Å². The lowest BCUT2D eigenvalue weighted by molar-refractivity contribution is -0.497. The van der Waals surface area contributed by atoms with Crippen LogP contribution in [0.15, 0.2) is 18.2 Å². The van der Waals surface area contributed by atoms with Gasteiger partial charge in [-0.1, -0.05) is 6.07 Å². The zero-order chi connectivity index (χ0) is 14.0. The SMILES string of the molecule is COc1cc(CNC(=O)[C@H]2C[C@@H]2[N+](=O)[O-])ccc1O. The van der Waals surface area contributed by atoms with E-state index in [9.17, 15) is 20.0 Å². The maximum absolute atomic E-state index is 11.6. The van der Waals surface area contributed by atoms with E-state index in [1.807, 2.05) is 0 Å². The Morgan fingerprint density at radius 2 is 2.37 bits per heavy atom. The summed E-state index contributed by atoms with van der Waals surface area (Å²) in [4.78, 5) is 21.6. The Labute approximate surface area is 109 Å². The van der Waals surface area contributed by atoms with E-state index >= 15 is 0 Å². The van der Waals surface area contributed by atoms with Crippen molar-refractivity contribution in [1.29, 1.82) is 0 Å². The lowest BCUT2D eigenvalue weighted by Crippen LogP contribution is -2.26. The van der Waals surface area contributed by atoms with E-state index in [-0.39, 0.29) is 18.2 Å². The number of nitrogens with one attached hydrogen (secondary N) is 1. The van der Waals surface area contributed by atoms with Crippen molar-refractivity contribution in [2.45, 2.75) is 19.0 Å². The summed E-state index contributed by atoms with van der Waals surface area (Å²) in [5.41, 5.74) is 0.751. The highest BCUT2D eigenvalue weighted by Crippen LogP contribution is 2.33. The quantitative estimate of drug-likeness (QED) is 0.602. The van der Waals surface area contributed by atoms with E-state index in [2.05, 4.69) is 5.32 Å². The van der Waals surface area contributed by atoms with Gasteiger partial charge in [0.05, 0.1) is 7.11 Å². The molecule has 0 saturated heterocycles. The number of phenols is 1. The molecule has 1 aliphatic rings. The van der Waals surface area contributed by atoms with E-state index in [1.54, 1.807) is 12.1 Å². The molecule has 2 atom stereocenters. The number of amides is 1. The summed E-state index contributed by atoms with van der Waals surface area (Å²) in [6.45, 7) is 0.246. The third-order valence-electron chi connectivity index (χ3n) is 3.08. The van der Waals surface area contributed by atoms with Gasteiger partial charge >= 0.3 is 0 Å². The average molecular weight is 266 g/mol. The molecular weight excluding hydrogens is 252 g/mol. The molecule has 0 spiro atoms. The van der Waals surface area contributed by atoms with Crippen LogP contribution in [0.4, 0.5) is 0 Å². The molecule has 1 amide bonds. The number of carbonyl (C=O) groups excluding carboxylic acids is 1. The predicted molar refractivity (Wildman–Crippen MR) is 65.4 cm³/mol. The van der Waals surface area contributed by atoms with Gasteiger partial charge in [-0.2, -0.15) is 0 Å². The second-order valence-electron chi connectivity index (χ2n) is 4.42. The molecule has 0 radical (unpaired) electrons. The Balaban J connectivity index is 1.89. The number of hydrogen-bond acceptors (Lipinski definition) is 5. The fourth-order valence-corrected chi connectivity index (χ4v) is 1.85. The first kappa shape index (κ1) is 13.1. The normalized spacial score (nSPS) is 20.7. The van der Waals surface area contributed by atoms with Crippen LogP contribution in [0.5, 0.6) is 11.5 Å². The number of rotatable bonds is 5. The summed E-state index contributed by atoms with van der Waals surface area (Å²) in [5.74, 6) is -0.489. The third-order valence-corrected chi connectivity index (χ3v) is 3.08. The van der Waals surface area contributed by atoms with E-state index in [4.69, 9.17) is 4.74 Å². The first-order valence-electron chi connectivity index (χ1n) is 5.80. The smallest absolute Gasteiger partial charge is 0.230 e. The molecular formula is C12H14N2O5. The molecule has 19 heavy (non-hydrogen) atoms. The second kappa shape index (κ2) is 5.13. The summed E-state index contributed by atoms with van der Waals surface area (Å²) in [7, 11) is 1.43. The van der Waals surface area contributed by atoms with E-state index < -0.39 is 16.9 Å². The van der Waals surface area contributed by atoms with Crippen molar-refractivity contribution in [1.82, 2.24) is 5.32 Å². The fraction of sp³-hybridized carbons (Fsp3) is 0.417. The molecule has 0 bridgehead atoms. The first-order chi connectivity index (χ1) is 9.02. The van der Waals surface area contributed by atoms with Gasteiger partial charge in [0.1, 0.15) is 5.92 Å². The van der Waals surface area contributed by atoms with Gasteiger partial charge in [0.2, 0.25) is 11.9 Å². The van der Waals surface area contributed by atoms with Crippen LogP contribution < -0.4 is 10.1 Å². The van der Waals surface area contributed by atoms with E-state index in [0.717, 1.165) is 5.56 Å². The number of aromatic hydroxyl groups is 1. The standard InChI is InChI=1S/C12H14N2O5/c1-19-11-4-7(2-3-10(11)15)6-13-12(16)8-5-9(8)14(17)18/h2-4,8-9,15H,5-6H2,1H3,(H,13,16)/t8-,9-/m0/s1. The van der Waals surface area contributed by atoms with Gasteiger partial charge in [0.15, 0.2) is 11.5 Å². The Kier molecular flexibility index (Phi) is 3.55. The highest BCUT2D eigenvalue weighted by Gasteiger charge is 2.53. The Morgan fingerprint density at radius 1 is 1.63 bits per heavy atom. The lowest BCUT2D eigenvalue weighted by atomic mass is 10.2. The molecule has 7 heteroatoms. The van der Waals surface area contributed by atoms with Crippen molar-refractivity contribution in [3.63, 3.8) is 0 Å². The predicted octanol–water partition coefficient (Wildman–Crippen LogP) is 0.682. The van der Waals surface area contributed by atoms with Gasteiger partial charge in [0.25, 0.3) is 0 Å². The summed E-state index contributed by atoms with van der Waals surface area (Å²) < 4.78 is 4.95. The van der Waals surface area contributed by atoms with Crippen LogP contribution in [-0.4, -0.2) is 29.1 Å². The third kappa shape index (κ3) is 2.93. The van der Waals surface area contributed by atoms with Crippen LogP contribution in [-0.2, 0) is 11.3 Å². The van der Waals surface area contributed by atoms with Gasteiger partial charge in [-0.25, -0.2) is 0 Å². The van der Waals surface area contributed by atoms with Crippen LogP contribution in [0.3, 0.4) is 0 Å². The van der Waals surface area contributed by atoms with E-state index in [1.165, 1.54) is 13.2 Å². The monoisotopic (exact) mass is 266 g/mol. The van der Waals surface area contributed by atoms with E-state index in [0.29, 0.717) is 12.2 Å². The van der Waals surface area contributed by atoms with Crippen molar-refractivity contribution in [2.24, 2.45) is 5.92 Å². The zero-order valence-corrected chi connectivity index (χ0v) is 10.3. The van der Waals surface area contributed by atoms with Crippen molar-refractivity contribution in [3.8, 4) is 11.5 Å². The summed E-state index contributed by atoms with van der Waals surface area (Å²) >= 11 is 0. The molecule has 0 aliphatic heterocycles. The molecule has 102 valence electrons. The number of hydrogen-bond donors (Lipinski definition) is 2. The second-order valence-corrected chi connectivity index (χ2v) is 4.42. The molecule has 0 unspecified atom stereocenters. The fourth-order valence-electron chi connectivity index (χ4n) is 1.85. The topological polar surface area (TPSA) is 102 Å². The Hall–Kier alpha value is -2.31. The Bertz CT molecular complexity index is 517. The molecule has 0 heterocycles. The maximum Gasteiger partial charge on any atom is 0.230 e.